The molecule has 0 rings (SSSR count). The fraction of sp³-hybridized carbons (Fsp3) is 0.333. The summed E-state index contributed by atoms with van der Waals surface area (Å²) in [6.07, 6.45) is -2.72. The van der Waals surface area contributed by atoms with Crippen molar-refractivity contribution in [1.29, 1.82) is 0 Å². The van der Waals surface area contributed by atoms with E-state index in [1.54, 1.807) is 0 Å². The third-order valence-electron chi connectivity index (χ3n) is 2.83. The molecule has 0 radical (unpaired) electrons. The Morgan fingerprint density at radius 2 is 1.17 bits per heavy atom. The van der Waals surface area contributed by atoms with Gasteiger partial charge in [-0.25, -0.2) is 9.59 Å². The molecule has 24 heavy (non-hydrogen) atoms. The number of carboxylic acid groups (broad SMARTS) is 6. The van der Waals surface area contributed by atoms with E-state index in [1.165, 1.54) is 0 Å². The van der Waals surface area contributed by atoms with Crippen LogP contribution < -0.4 is 0 Å². The number of carboxylic acids is 6. The molecule has 12 nitrogen and oxygen atoms in total. The van der Waals surface area contributed by atoms with Crippen LogP contribution >= 0.6 is 0 Å². The molecule has 2 atom stereocenters. The van der Waals surface area contributed by atoms with Gasteiger partial charge in [0.25, 0.3) is 0 Å². The molecule has 2 unspecified atom stereocenters. The number of carbonyl (C=O) groups is 6. The van der Waals surface area contributed by atoms with Crippen LogP contribution in [0.1, 0.15) is 12.8 Å². The second-order valence-corrected chi connectivity index (χ2v) is 4.43. The lowest BCUT2D eigenvalue weighted by atomic mass is 9.80. The summed E-state index contributed by atoms with van der Waals surface area (Å²) in [5.74, 6) is -16.9. The van der Waals surface area contributed by atoms with E-state index in [-0.39, 0.29) is 0 Å². The third-order valence-corrected chi connectivity index (χ3v) is 2.83. The summed E-state index contributed by atoms with van der Waals surface area (Å²) < 4.78 is 0. The summed E-state index contributed by atoms with van der Waals surface area (Å²) in [5.41, 5.74) is -2.87. The van der Waals surface area contributed by atoms with E-state index >= 15 is 0 Å². The first-order valence-electron chi connectivity index (χ1n) is 5.98. The Morgan fingerprint density at radius 3 is 1.42 bits per heavy atom. The number of rotatable bonds is 10. The second-order valence-electron chi connectivity index (χ2n) is 4.43. The molecule has 132 valence electrons. The summed E-state index contributed by atoms with van der Waals surface area (Å²) in [6.45, 7) is 0. The lowest BCUT2D eigenvalue weighted by Gasteiger charge is -2.21. The van der Waals surface area contributed by atoms with Gasteiger partial charge in [-0.15, -0.1) is 0 Å². The zero-order chi connectivity index (χ0) is 19.2. The van der Waals surface area contributed by atoms with Crippen LogP contribution in [0.3, 0.4) is 0 Å². The van der Waals surface area contributed by atoms with Gasteiger partial charge < -0.3 is 30.6 Å². The maximum atomic E-state index is 11.3. The standard InChI is InChI=1S/C12H12O12/c13-5(14)1-3(9(17)18)7(11(21)22)8(12(23)24)4(10(19)20)2-6(15)16/h3,7H,1-2H2,(H,13,14)(H,15,16)(H,17,18)(H,19,20)(H,21,22)(H,23,24). The first-order chi connectivity index (χ1) is 10.9. The summed E-state index contributed by atoms with van der Waals surface area (Å²) in [4.78, 5) is 66.1. The molecule has 0 aliphatic rings. The van der Waals surface area contributed by atoms with Crippen LogP contribution in [0.2, 0.25) is 0 Å². The van der Waals surface area contributed by atoms with Crippen LogP contribution in [0.25, 0.3) is 0 Å². The van der Waals surface area contributed by atoms with Crippen LogP contribution in [0.15, 0.2) is 11.1 Å². The van der Waals surface area contributed by atoms with Crippen molar-refractivity contribution in [3.8, 4) is 0 Å². The van der Waals surface area contributed by atoms with Crippen molar-refractivity contribution in [3.05, 3.63) is 11.1 Å². The van der Waals surface area contributed by atoms with E-state index in [0.29, 0.717) is 0 Å². The van der Waals surface area contributed by atoms with Crippen molar-refractivity contribution in [3.63, 3.8) is 0 Å². The van der Waals surface area contributed by atoms with Crippen LogP contribution in [-0.2, 0) is 28.8 Å². The molecule has 0 aromatic rings. The summed E-state index contributed by atoms with van der Waals surface area (Å²) in [5, 5.41) is 53.3. The van der Waals surface area contributed by atoms with Crippen molar-refractivity contribution in [2.24, 2.45) is 11.8 Å². The molecule has 0 spiro atoms. The van der Waals surface area contributed by atoms with E-state index in [1.807, 2.05) is 0 Å². The van der Waals surface area contributed by atoms with Crippen molar-refractivity contribution < 1.29 is 59.4 Å². The predicted molar refractivity (Wildman–Crippen MR) is 69.1 cm³/mol. The lowest BCUT2D eigenvalue weighted by molar-refractivity contribution is -0.157. The molecule has 0 saturated carbocycles. The number of hydrogen-bond donors (Lipinski definition) is 6. The highest BCUT2D eigenvalue weighted by molar-refractivity contribution is 6.05. The van der Waals surface area contributed by atoms with Gasteiger partial charge in [-0.2, -0.15) is 0 Å². The maximum absolute atomic E-state index is 11.3. The molecule has 0 amide bonds. The number of hydrogen-bond acceptors (Lipinski definition) is 6. The summed E-state index contributed by atoms with van der Waals surface area (Å²) in [6, 6.07) is 0. The highest BCUT2D eigenvalue weighted by atomic mass is 16.4. The molecular formula is C12H12O12. The minimum absolute atomic E-state index is 1.32. The zero-order valence-corrected chi connectivity index (χ0v) is 11.7. The van der Waals surface area contributed by atoms with Gasteiger partial charge in [-0.1, -0.05) is 0 Å². The first kappa shape index (κ1) is 20.6. The highest BCUT2D eigenvalue weighted by Crippen LogP contribution is 2.29. The molecule has 0 bridgehead atoms. The molecule has 0 aliphatic carbocycles. The van der Waals surface area contributed by atoms with E-state index in [0.717, 1.165) is 0 Å². The van der Waals surface area contributed by atoms with E-state index in [4.69, 9.17) is 30.6 Å². The van der Waals surface area contributed by atoms with Crippen LogP contribution in [0.5, 0.6) is 0 Å². The van der Waals surface area contributed by atoms with Crippen molar-refractivity contribution in [1.82, 2.24) is 0 Å². The largest absolute Gasteiger partial charge is 0.481 e. The molecule has 0 saturated heterocycles. The second kappa shape index (κ2) is 8.26. The molecule has 6 N–H and O–H groups in total. The molecule has 0 fully saturated rings. The van der Waals surface area contributed by atoms with E-state index in [2.05, 4.69) is 0 Å². The van der Waals surface area contributed by atoms with Crippen LogP contribution in [0.4, 0.5) is 0 Å². The third kappa shape index (κ3) is 5.40. The summed E-state index contributed by atoms with van der Waals surface area (Å²) in [7, 11) is 0. The van der Waals surface area contributed by atoms with Crippen LogP contribution in [-0.4, -0.2) is 66.5 Å². The minimum Gasteiger partial charge on any atom is -0.481 e. The highest BCUT2D eigenvalue weighted by Gasteiger charge is 2.43. The first-order valence-corrected chi connectivity index (χ1v) is 5.98. The zero-order valence-electron chi connectivity index (χ0n) is 11.7. The Hall–Kier alpha value is -3.44. The molecule has 0 heterocycles. The Labute approximate surface area is 132 Å². The van der Waals surface area contributed by atoms with Crippen LogP contribution in [0, 0.1) is 11.8 Å². The van der Waals surface area contributed by atoms with Gasteiger partial charge in [0.1, 0.15) is 5.92 Å². The Balaban J connectivity index is 6.55. The van der Waals surface area contributed by atoms with Crippen molar-refractivity contribution >= 4 is 35.8 Å². The van der Waals surface area contributed by atoms with Gasteiger partial charge in [0.2, 0.25) is 0 Å². The summed E-state index contributed by atoms with van der Waals surface area (Å²) >= 11 is 0. The molecule has 0 aromatic carbocycles. The Morgan fingerprint density at radius 1 is 0.667 bits per heavy atom. The normalized spacial score (nSPS) is 14.0. The predicted octanol–water partition coefficient (Wildman–Crippen LogP) is -1.20. The fourth-order valence-electron chi connectivity index (χ4n) is 1.92. The van der Waals surface area contributed by atoms with E-state index < -0.39 is 71.6 Å². The smallest absolute Gasteiger partial charge is 0.333 e. The average molecular weight is 348 g/mol. The van der Waals surface area contributed by atoms with Gasteiger partial charge in [-0.3, -0.25) is 19.2 Å². The van der Waals surface area contributed by atoms with Gasteiger partial charge in [0.15, 0.2) is 0 Å². The molecule has 0 aliphatic heterocycles. The van der Waals surface area contributed by atoms with Gasteiger partial charge in [0, 0.05) is 0 Å². The topological polar surface area (TPSA) is 224 Å². The monoisotopic (exact) mass is 348 g/mol. The molecule has 12 heteroatoms. The quantitative estimate of drug-likeness (QED) is 0.256. The Kier molecular flexibility index (Phi) is 7.08. The SMILES string of the molecule is O=C(O)CC(C(=O)O)=C(C(=O)O)C(C(=O)O)C(CC(=O)O)C(=O)O. The maximum Gasteiger partial charge on any atom is 0.333 e. The van der Waals surface area contributed by atoms with Crippen molar-refractivity contribution in [2.45, 2.75) is 12.8 Å². The van der Waals surface area contributed by atoms with Gasteiger partial charge in [-0.05, 0) is 0 Å². The lowest BCUT2D eigenvalue weighted by Crippen LogP contribution is -2.36. The average Bonchev–Trinajstić information content (AvgIpc) is 2.38. The minimum atomic E-state index is -2.58. The van der Waals surface area contributed by atoms with E-state index in [9.17, 15) is 28.8 Å². The van der Waals surface area contributed by atoms with Gasteiger partial charge in [0.05, 0.1) is 29.9 Å². The Bertz CT molecular complexity index is 628. The molecule has 0 aromatic heterocycles. The molecular weight excluding hydrogens is 336 g/mol. The fourth-order valence-corrected chi connectivity index (χ4v) is 1.92. The van der Waals surface area contributed by atoms with Crippen molar-refractivity contribution in [2.75, 3.05) is 0 Å². The van der Waals surface area contributed by atoms with Gasteiger partial charge >= 0.3 is 35.8 Å². The number of aliphatic carboxylic acids is 6.